The van der Waals surface area contributed by atoms with E-state index in [4.69, 9.17) is 0 Å². The zero-order valence-corrected chi connectivity index (χ0v) is 17.0. The number of fused-ring (bicyclic) bond motifs is 1. The van der Waals surface area contributed by atoms with Crippen LogP contribution in [0.25, 0.3) is 0 Å². The third-order valence-corrected chi connectivity index (χ3v) is 5.38. The van der Waals surface area contributed by atoms with E-state index < -0.39 is 4.92 Å². The number of amides is 2. The van der Waals surface area contributed by atoms with Crippen LogP contribution in [0.1, 0.15) is 38.3 Å². The number of nitro groups is 1. The van der Waals surface area contributed by atoms with Gasteiger partial charge in [0.15, 0.2) is 0 Å². The maximum absolute atomic E-state index is 13.0. The Kier molecular flexibility index (Phi) is 5.49. The van der Waals surface area contributed by atoms with Gasteiger partial charge in [0.1, 0.15) is 0 Å². The second kappa shape index (κ2) is 8.39. The van der Waals surface area contributed by atoms with Crippen molar-refractivity contribution in [2.24, 2.45) is 0 Å². The van der Waals surface area contributed by atoms with E-state index >= 15 is 0 Å². The van der Waals surface area contributed by atoms with Crippen molar-refractivity contribution < 1.29 is 14.5 Å². The van der Waals surface area contributed by atoms with Gasteiger partial charge in [0.25, 0.3) is 17.5 Å². The lowest BCUT2D eigenvalue weighted by atomic mass is 10.00. The van der Waals surface area contributed by atoms with E-state index in [1.165, 1.54) is 18.2 Å². The van der Waals surface area contributed by atoms with E-state index in [0.717, 1.165) is 24.1 Å². The van der Waals surface area contributed by atoms with Gasteiger partial charge in [-0.2, -0.15) is 0 Å². The number of benzene rings is 3. The van der Waals surface area contributed by atoms with Gasteiger partial charge in [-0.25, -0.2) is 0 Å². The number of carbonyl (C=O) groups is 2. The van der Waals surface area contributed by atoms with Gasteiger partial charge in [-0.3, -0.25) is 19.7 Å². The van der Waals surface area contributed by atoms with E-state index in [-0.39, 0.29) is 17.5 Å². The van der Waals surface area contributed by atoms with E-state index in [0.29, 0.717) is 28.9 Å². The van der Waals surface area contributed by atoms with Crippen molar-refractivity contribution in [1.82, 2.24) is 0 Å². The molecule has 0 spiro atoms. The van der Waals surface area contributed by atoms with Gasteiger partial charge in [-0.15, -0.1) is 0 Å². The van der Waals surface area contributed by atoms with Crippen molar-refractivity contribution in [2.75, 3.05) is 16.8 Å². The van der Waals surface area contributed by atoms with Crippen LogP contribution in [0.2, 0.25) is 0 Å². The molecule has 0 aliphatic carbocycles. The molecule has 156 valence electrons. The summed E-state index contributed by atoms with van der Waals surface area (Å²) >= 11 is 0. The van der Waals surface area contributed by atoms with Gasteiger partial charge in [0.05, 0.1) is 4.92 Å². The van der Waals surface area contributed by atoms with Crippen LogP contribution < -0.4 is 10.2 Å². The van der Waals surface area contributed by atoms with E-state index in [1.807, 2.05) is 36.4 Å². The molecule has 0 saturated heterocycles. The first-order valence-electron chi connectivity index (χ1n) is 10.0. The molecule has 7 heteroatoms. The fraction of sp³-hybridized carbons (Fsp3) is 0.167. The summed E-state index contributed by atoms with van der Waals surface area (Å²) in [4.78, 5) is 38.0. The first kappa shape index (κ1) is 20.3. The Balaban J connectivity index is 1.59. The minimum Gasteiger partial charge on any atom is -0.322 e. The van der Waals surface area contributed by atoms with Gasteiger partial charge in [0, 0.05) is 40.7 Å². The predicted octanol–water partition coefficient (Wildman–Crippen LogP) is 4.75. The average molecular weight is 415 g/mol. The van der Waals surface area contributed by atoms with Crippen LogP contribution in [0.4, 0.5) is 17.1 Å². The van der Waals surface area contributed by atoms with Gasteiger partial charge in [0.2, 0.25) is 0 Å². The Morgan fingerprint density at radius 3 is 2.48 bits per heavy atom. The molecule has 3 aromatic rings. The van der Waals surface area contributed by atoms with Gasteiger partial charge in [-0.1, -0.05) is 24.3 Å². The van der Waals surface area contributed by atoms with Crippen LogP contribution in [0.15, 0.2) is 66.7 Å². The number of anilines is 2. The third-order valence-electron chi connectivity index (χ3n) is 5.38. The highest BCUT2D eigenvalue weighted by Crippen LogP contribution is 2.31. The summed E-state index contributed by atoms with van der Waals surface area (Å²) in [5.74, 6) is -0.439. The Morgan fingerprint density at radius 2 is 1.77 bits per heavy atom. The number of nitrogens with zero attached hydrogens (tertiary/aromatic N) is 2. The lowest BCUT2D eigenvalue weighted by Gasteiger charge is -2.30. The highest BCUT2D eigenvalue weighted by molar-refractivity contribution is 6.08. The van der Waals surface area contributed by atoms with Crippen LogP contribution in [-0.4, -0.2) is 23.3 Å². The van der Waals surface area contributed by atoms with Crippen molar-refractivity contribution in [3.05, 3.63) is 99.1 Å². The van der Waals surface area contributed by atoms with Crippen LogP contribution in [-0.2, 0) is 6.42 Å². The molecule has 2 amide bonds. The van der Waals surface area contributed by atoms with E-state index in [1.54, 1.807) is 24.0 Å². The molecule has 0 atom stereocenters. The number of nitrogens with one attached hydrogen (secondary N) is 1. The average Bonchev–Trinajstić information content (AvgIpc) is 2.78. The Bertz CT molecular complexity index is 1170. The maximum atomic E-state index is 13.0. The van der Waals surface area contributed by atoms with Crippen molar-refractivity contribution in [3.8, 4) is 0 Å². The quantitative estimate of drug-likeness (QED) is 0.492. The molecule has 1 aliphatic rings. The van der Waals surface area contributed by atoms with Crippen LogP contribution in [0.5, 0.6) is 0 Å². The largest absolute Gasteiger partial charge is 0.322 e. The third kappa shape index (κ3) is 4.16. The topological polar surface area (TPSA) is 92.6 Å². The standard InChI is InChI=1S/C24H21N3O4/c1-16-14-19(10-12-21(16)27(30)31)23(28)25-20-11-9-17-8-5-13-26(22(17)15-20)24(29)18-6-3-2-4-7-18/h2-4,6-7,9-12,14-15H,5,8,13H2,1H3,(H,25,28). The number of hydrogen-bond donors (Lipinski definition) is 1. The number of nitro benzene ring substituents is 1. The molecule has 0 bridgehead atoms. The lowest BCUT2D eigenvalue weighted by Crippen LogP contribution is -2.35. The first-order valence-corrected chi connectivity index (χ1v) is 10.0. The molecule has 0 saturated carbocycles. The zero-order chi connectivity index (χ0) is 22.0. The summed E-state index contributed by atoms with van der Waals surface area (Å²) in [5.41, 5.74) is 3.75. The van der Waals surface area contributed by atoms with Gasteiger partial charge in [-0.05, 0) is 61.7 Å². The second-order valence-corrected chi connectivity index (χ2v) is 7.48. The van der Waals surface area contributed by atoms with Crippen molar-refractivity contribution >= 4 is 28.9 Å². The highest BCUT2D eigenvalue weighted by atomic mass is 16.6. The SMILES string of the molecule is Cc1cc(C(=O)Nc2ccc3c(c2)N(C(=O)c2ccccc2)CCC3)ccc1[N+](=O)[O-]. The van der Waals surface area contributed by atoms with Crippen molar-refractivity contribution in [3.63, 3.8) is 0 Å². The molecular formula is C24H21N3O4. The number of rotatable bonds is 4. The highest BCUT2D eigenvalue weighted by Gasteiger charge is 2.24. The van der Waals surface area contributed by atoms with Crippen molar-refractivity contribution in [2.45, 2.75) is 19.8 Å². The number of hydrogen-bond acceptors (Lipinski definition) is 4. The van der Waals surface area contributed by atoms with Crippen LogP contribution >= 0.6 is 0 Å². The molecule has 1 N–H and O–H groups in total. The molecule has 1 heterocycles. The molecule has 1 aliphatic heterocycles. The summed E-state index contributed by atoms with van der Waals surface area (Å²) in [7, 11) is 0. The maximum Gasteiger partial charge on any atom is 0.272 e. The summed E-state index contributed by atoms with van der Waals surface area (Å²) in [6, 6.07) is 18.9. The second-order valence-electron chi connectivity index (χ2n) is 7.48. The zero-order valence-electron chi connectivity index (χ0n) is 17.0. The van der Waals surface area contributed by atoms with Crippen LogP contribution in [0, 0.1) is 17.0 Å². The normalized spacial score (nSPS) is 12.7. The van der Waals surface area contributed by atoms with Crippen LogP contribution in [0.3, 0.4) is 0 Å². The Hall–Kier alpha value is -4.00. The molecule has 31 heavy (non-hydrogen) atoms. The molecule has 7 nitrogen and oxygen atoms in total. The van der Waals surface area contributed by atoms with E-state index in [2.05, 4.69) is 5.32 Å². The Labute approximate surface area is 179 Å². The summed E-state index contributed by atoms with van der Waals surface area (Å²) < 4.78 is 0. The minimum atomic E-state index is -0.473. The minimum absolute atomic E-state index is 0.0274. The fourth-order valence-electron chi connectivity index (χ4n) is 3.80. The first-order chi connectivity index (χ1) is 14.9. The predicted molar refractivity (Wildman–Crippen MR) is 119 cm³/mol. The molecule has 0 aromatic heterocycles. The lowest BCUT2D eigenvalue weighted by molar-refractivity contribution is -0.385. The smallest absolute Gasteiger partial charge is 0.272 e. The van der Waals surface area contributed by atoms with E-state index in [9.17, 15) is 19.7 Å². The summed E-state index contributed by atoms with van der Waals surface area (Å²) in [5, 5.41) is 13.8. The summed E-state index contributed by atoms with van der Waals surface area (Å²) in [6.07, 6.45) is 1.74. The molecule has 0 fully saturated rings. The van der Waals surface area contributed by atoms with Crippen molar-refractivity contribution in [1.29, 1.82) is 0 Å². The number of carbonyl (C=O) groups excluding carboxylic acids is 2. The molecule has 3 aromatic carbocycles. The van der Waals surface area contributed by atoms with Gasteiger partial charge >= 0.3 is 0 Å². The van der Waals surface area contributed by atoms with Gasteiger partial charge < -0.3 is 10.2 Å². The monoisotopic (exact) mass is 415 g/mol. The fourth-order valence-corrected chi connectivity index (χ4v) is 3.80. The molecular weight excluding hydrogens is 394 g/mol. The molecule has 4 rings (SSSR count). The Morgan fingerprint density at radius 1 is 1.00 bits per heavy atom. The molecule has 0 radical (unpaired) electrons. The number of aryl methyl sites for hydroxylation is 2. The summed E-state index contributed by atoms with van der Waals surface area (Å²) in [6.45, 7) is 2.21. The molecule has 0 unspecified atom stereocenters.